The number of azo groups is 1. The molecule has 0 fully saturated rings. The number of phenols is 1. The van der Waals surface area contributed by atoms with Crippen molar-refractivity contribution >= 4 is 50.7 Å². The van der Waals surface area contributed by atoms with Gasteiger partial charge in [0.05, 0.1) is 22.6 Å². The summed E-state index contributed by atoms with van der Waals surface area (Å²) in [5, 5.41) is 23.8. The first-order chi connectivity index (χ1) is 18.3. The predicted molar refractivity (Wildman–Crippen MR) is 152 cm³/mol. The number of hydrogen-bond donors (Lipinski definition) is 3. The Kier molecular flexibility index (Phi) is 8.47. The van der Waals surface area contributed by atoms with Gasteiger partial charge >= 0.3 is 0 Å². The lowest BCUT2D eigenvalue weighted by Crippen LogP contribution is -2.39. The topological polar surface area (TPSA) is 118 Å². The van der Waals surface area contributed by atoms with Crippen molar-refractivity contribution in [3.8, 4) is 5.75 Å². The summed E-state index contributed by atoms with van der Waals surface area (Å²) < 4.78 is 23.6. The number of phenolic OH excluding ortho intramolecular Hbond substituents is 1. The van der Waals surface area contributed by atoms with Crippen LogP contribution in [-0.2, 0) is 11.3 Å². The van der Waals surface area contributed by atoms with E-state index < -0.39 is 17.2 Å². The number of para-hydroxylation sites is 2. The molecule has 3 N–H and O–H groups in total. The third kappa shape index (κ3) is 6.05. The molecule has 0 aliphatic heterocycles. The van der Waals surface area contributed by atoms with Crippen molar-refractivity contribution in [1.82, 2.24) is 4.90 Å². The van der Waals surface area contributed by atoms with Crippen LogP contribution in [0.1, 0.15) is 17.3 Å². The Morgan fingerprint density at radius 2 is 1.63 bits per heavy atom. The van der Waals surface area contributed by atoms with Crippen molar-refractivity contribution in [2.75, 3.05) is 30.3 Å². The molecule has 0 aliphatic rings. The molecule has 4 aromatic carbocycles. The molecule has 2 atom stereocenters. The number of nitrogens with one attached hydrogen (secondary N) is 1. The first-order valence-corrected chi connectivity index (χ1v) is 13.0. The summed E-state index contributed by atoms with van der Waals surface area (Å²) in [6.07, 6.45) is 0. The number of benzene rings is 4. The van der Waals surface area contributed by atoms with E-state index in [9.17, 15) is 18.7 Å². The van der Waals surface area contributed by atoms with Gasteiger partial charge in [-0.3, -0.25) is 13.7 Å². The number of aromatic hydroxyl groups is 1. The molecular weight excluding hydrogens is 502 g/mol. The van der Waals surface area contributed by atoms with E-state index in [1.165, 1.54) is 4.31 Å². The number of likely N-dealkylation sites (N-methyl/N-ethyl adjacent to an activating group) is 1. The van der Waals surface area contributed by atoms with Crippen LogP contribution in [0.15, 0.2) is 95.2 Å². The van der Waals surface area contributed by atoms with Crippen LogP contribution in [0.4, 0.5) is 22.7 Å². The fraction of sp³-hybridized carbons (Fsp3) is 0.179. The van der Waals surface area contributed by atoms with Crippen LogP contribution in [0.5, 0.6) is 5.75 Å². The Hall–Kier alpha value is -4.12. The zero-order valence-corrected chi connectivity index (χ0v) is 22.1. The average Bonchev–Trinajstić information content (AvgIpc) is 2.91. The van der Waals surface area contributed by atoms with Gasteiger partial charge in [-0.15, -0.1) is 5.11 Å². The molecule has 4 rings (SSSR count). The van der Waals surface area contributed by atoms with E-state index in [-0.39, 0.29) is 29.6 Å². The van der Waals surface area contributed by atoms with Gasteiger partial charge in [0.25, 0.3) is 17.2 Å². The highest BCUT2D eigenvalue weighted by Crippen LogP contribution is 2.40. The van der Waals surface area contributed by atoms with Gasteiger partial charge in [-0.25, -0.2) is 4.21 Å². The van der Waals surface area contributed by atoms with Crippen molar-refractivity contribution in [3.05, 3.63) is 90.5 Å². The summed E-state index contributed by atoms with van der Waals surface area (Å²) in [7, 11) is 3.76. The Balaban J connectivity index is 1.72. The molecule has 0 spiro atoms. The molecule has 0 saturated carbocycles. The third-order valence-corrected chi connectivity index (χ3v) is 6.91. The summed E-state index contributed by atoms with van der Waals surface area (Å²) in [4.78, 5) is 15.4. The number of anilines is 2. The van der Waals surface area contributed by atoms with Gasteiger partial charge in [-0.05, 0) is 56.7 Å². The largest absolute Gasteiger partial charge is 0.505 e. The van der Waals surface area contributed by atoms with Crippen molar-refractivity contribution < 1.29 is 18.7 Å². The van der Waals surface area contributed by atoms with E-state index in [0.717, 1.165) is 0 Å². The summed E-state index contributed by atoms with van der Waals surface area (Å²) in [5.41, 5.74) is 1.47. The smallest absolute Gasteiger partial charge is 0.261 e. The lowest BCUT2D eigenvalue weighted by atomic mass is 10.0. The molecule has 9 nitrogen and oxygen atoms in total. The molecule has 2 unspecified atom stereocenters. The molecule has 0 saturated heterocycles. The number of fused-ring (bicyclic) bond motifs is 1. The molecule has 4 aromatic rings. The van der Waals surface area contributed by atoms with Gasteiger partial charge in [0.15, 0.2) is 5.75 Å². The predicted octanol–water partition coefficient (Wildman–Crippen LogP) is 6.11. The average molecular weight is 532 g/mol. The van der Waals surface area contributed by atoms with E-state index in [1.807, 2.05) is 62.3 Å². The van der Waals surface area contributed by atoms with E-state index in [4.69, 9.17) is 0 Å². The Morgan fingerprint density at radius 3 is 2.34 bits per heavy atom. The number of amides is 1. The van der Waals surface area contributed by atoms with E-state index >= 15 is 0 Å². The zero-order valence-electron chi connectivity index (χ0n) is 21.3. The van der Waals surface area contributed by atoms with Crippen molar-refractivity contribution in [3.63, 3.8) is 0 Å². The molecule has 0 radical (unpaired) electrons. The maximum atomic E-state index is 13.5. The number of hydrogen-bond acceptors (Lipinski definition) is 6. The minimum Gasteiger partial charge on any atom is -0.505 e. The molecule has 196 valence electrons. The van der Waals surface area contributed by atoms with E-state index in [0.29, 0.717) is 27.8 Å². The van der Waals surface area contributed by atoms with Gasteiger partial charge < -0.3 is 15.3 Å². The Bertz CT molecular complexity index is 1490. The molecule has 0 heterocycles. The minimum absolute atomic E-state index is 0.00107. The van der Waals surface area contributed by atoms with Crippen LogP contribution < -0.4 is 9.62 Å². The Labute approximate surface area is 223 Å². The lowest BCUT2D eigenvalue weighted by Gasteiger charge is -2.28. The SMILES string of the molecule is CC(CN(c1ccccc1NC(=O)c1cc2ccccc2c(N=Nc2ccccc2)c1O)S(=O)O)N(C)C. The second kappa shape index (κ2) is 12.0. The van der Waals surface area contributed by atoms with Gasteiger partial charge in [0.1, 0.15) is 5.69 Å². The van der Waals surface area contributed by atoms with Gasteiger partial charge in [-0.1, -0.05) is 54.6 Å². The van der Waals surface area contributed by atoms with E-state index in [1.54, 1.807) is 48.5 Å². The maximum absolute atomic E-state index is 13.5. The van der Waals surface area contributed by atoms with Gasteiger partial charge in [-0.2, -0.15) is 5.11 Å². The number of nitrogens with zero attached hydrogens (tertiary/aromatic N) is 4. The monoisotopic (exact) mass is 531 g/mol. The zero-order chi connectivity index (χ0) is 27.2. The summed E-state index contributed by atoms with van der Waals surface area (Å²) >= 11 is -2.33. The highest BCUT2D eigenvalue weighted by Gasteiger charge is 2.23. The van der Waals surface area contributed by atoms with Crippen LogP contribution in [0.25, 0.3) is 10.8 Å². The van der Waals surface area contributed by atoms with Crippen LogP contribution in [0.2, 0.25) is 0 Å². The standard InChI is InChI=1S/C28H29N5O4S/c1-19(32(2)3)18-33(38(36)37)25-16-10-9-15-24(25)29-28(35)23-17-20-11-7-8-14-22(20)26(27(23)34)31-30-21-12-5-4-6-13-21/h4-17,19,34H,18H2,1-3H3,(H,29,35)(H,36,37). The summed E-state index contributed by atoms with van der Waals surface area (Å²) in [5.74, 6) is -0.914. The highest BCUT2D eigenvalue weighted by molar-refractivity contribution is 7.80. The molecular formula is C28H29N5O4S. The number of rotatable bonds is 9. The second-order valence-corrected chi connectivity index (χ2v) is 9.86. The fourth-order valence-corrected chi connectivity index (χ4v) is 4.50. The molecule has 38 heavy (non-hydrogen) atoms. The third-order valence-electron chi connectivity index (χ3n) is 6.18. The quantitative estimate of drug-likeness (QED) is 0.178. The molecule has 0 bridgehead atoms. The van der Waals surface area contributed by atoms with Crippen LogP contribution in [0, 0.1) is 0 Å². The first-order valence-electron chi connectivity index (χ1n) is 11.9. The fourth-order valence-electron chi connectivity index (χ4n) is 3.83. The molecule has 0 aromatic heterocycles. The van der Waals surface area contributed by atoms with Gasteiger partial charge in [0.2, 0.25) is 0 Å². The minimum atomic E-state index is -2.33. The summed E-state index contributed by atoms with van der Waals surface area (Å²) in [6.45, 7) is 2.17. The number of carbonyl (C=O) groups excluding carboxylic acids is 1. The Morgan fingerprint density at radius 1 is 0.974 bits per heavy atom. The van der Waals surface area contributed by atoms with Crippen LogP contribution >= 0.6 is 0 Å². The second-order valence-electron chi connectivity index (χ2n) is 8.95. The lowest BCUT2D eigenvalue weighted by molar-refractivity contribution is 0.102. The number of carbonyl (C=O) groups is 1. The van der Waals surface area contributed by atoms with E-state index in [2.05, 4.69) is 15.5 Å². The van der Waals surface area contributed by atoms with Crippen molar-refractivity contribution in [2.24, 2.45) is 10.2 Å². The molecule has 1 amide bonds. The van der Waals surface area contributed by atoms with Crippen molar-refractivity contribution in [2.45, 2.75) is 13.0 Å². The summed E-state index contributed by atoms with van der Waals surface area (Å²) in [6, 6.07) is 24.6. The maximum Gasteiger partial charge on any atom is 0.261 e. The first kappa shape index (κ1) is 26.9. The van der Waals surface area contributed by atoms with Crippen molar-refractivity contribution in [1.29, 1.82) is 0 Å². The van der Waals surface area contributed by atoms with Crippen LogP contribution in [-0.4, -0.2) is 51.4 Å². The molecule has 0 aliphatic carbocycles. The van der Waals surface area contributed by atoms with Gasteiger partial charge in [0, 0.05) is 18.0 Å². The highest BCUT2D eigenvalue weighted by atomic mass is 32.2. The molecule has 10 heteroatoms. The normalized spacial score (nSPS) is 13.1. The van der Waals surface area contributed by atoms with Crippen LogP contribution in [0.3, 0.4) is 0 Å².